The summed E-state index contributed by atoms with van der Waals surface area (Å²) in [6.07, 6.45) is 3.62. The molecule has 3 rings (SSSR count). The minimum Gasteiger partial charge on any atom is -0.304 e. The Morgan fingerprint density at radius 2 is 2.15 bits per heavy atom. The minimum absolute atomic E-state index is 0.185. The summed E-state index contributed by atoms with van der Waals surface area (Å²) in [6.45, 7) is 7.31. The molecule has 0 saturated carbocycles. The van der Waals surface area contributed by atoms with Crippen molar-refractivity contribution in [3.05, 3.63) is 32.5 Å². The second-order valence-electron chi connectivity index (χ2n) is 5.47. The number of nitrogens with one attached hydrogen (secondary N) is 1. The normalized spacial score (nSPS) is 15.6. The maximum atomic E-state index is 4.90. The molecule has 0 aliphatic heterocycles. The van der Waals surface area contributed by atoms with Gasteiger partial charge in [0, 0.05) is 23.2 Å². The molecule has 1 N–H and O–H groups in total. The smallest absolute Gasteiger partial charge is 0.115 e. The van der Waals surface area contributed by atoms with E-state index >= 15 is 0 Å². The topological polar surface area (TPSA) is 42.7 Å². The van der Waals surface area contributed by atoms with E-state index in [1.54, 1.807) is 0 Å². The highest BCUT2D eigenvalue weighted by Gasteiger charge is 2.26. The monoisotopic (exact) mass is 290 g/mol. The second-order valence-corrected chi connectivity index (χ2v) is 6.59. The fourth-order valence-corrected chi connectivity index (χ4v) is 4.30. The van der Waals surface area contributed by atoms with Crippen molar-refractivity contribution in [2.24, 2.45) is 7.05 Å². The standard InChI is InChI=1S/C15H22N4S/c1-5-16-14(13-9(2)18-19(4)10(13)3)15-17-11-7-6-8-12(11)20-15/h14,16H,5-8H2,1-4H3. The third-order valence-electron chi connectivity index (χ3n) is 4.12. The number of fused-ring (bicyclic) bond motifs is 1. The minimum atomic E-state index is 0.185. The Balaban J connectivity index is 2.03. The first-order chi connectivity index (χ1) is 9.61. The van der Waals surface area contributed by atoms with Crippen LogP contribution in [-0.4, -0.2) is 21.3 Å². The van der Waals surface area contributed by atoms with Gasteiger partial charge in [0.25, 0.3) is 0 Å². The van der Waals surface area contributed by atoms with Gasteiger partial charge in [-0.05, 0) is 39.7 Å². The molecule has 1 aliphatic rings. The van der Waals surface area contributed by atoms with Crippen LogP contribution in [0.1, 0.15) is 51.9 Å². The van der Waals surface area contributed by atoms with Crippen LogP contribution in [0.4, 0.5) is 0 Å². The van der Waals surface area contributed by atoms with E-state index in [-0.39, 0.29) is 6.04 Å². The lowest BCUT2D eigenvalue weighted by atomic mass is 10.1. The summed E-state index contributed by atoms with van der Waals surface area (Å²) in [6, 6.07) is 0.185. The van der Waals surface area contributed by atoms with Gasteiger partial charge < -0.3 is 5.32 Å². The van der Waals surface area contributed by atoms with Crippen molar-refractivity contribution in [3.8, 4) is 0 Å². The fourth-order valence-electron chi connectivity index (χ4n) is 3.06. The molecule has 0 bridgehead atoms. The zero-order chi connectivity index (χ0) is 14.3. The van der Waals surface area contributed by atoms with Crippen LogP contribution in [0, 0.1) is 13.8 Å². The highest BCUT2D eigenvalue weighted by molar-refractivity contribution is 7.11. The van der Waals surface area contributed by atoms with E-state index in [2.05, 4.69) is 31.2 Å². The molecule has 5 heteroatoms. The van der Waals surface area contributed by atoms with Gasteiger partial charge in [0.1, 0.15) is 5.01 Å². The molecule has 20 heavy (non-hydrogen) atoms. The Bertz CT molecular complexity index is 605. The zero-order valence-corrected chi connectivity index (χ0v) is 13.5. The van der Waals surface area contributed by atoms with Gasteiger partial charge in [-0.25, -0.2) is 4.98 Å². The highest BCUT2D eigenvalue weighted by Crippen LogP contribution is 2.35. The fraction of sp³-hybridized carbons (Fsp3) is 0.600. The Hall–Kier alpha value is -1.20. The van der Waals surface area contributed by atoms with Gasteiger partial charge in [-0.1, -0.05) is 6.92 Å². The Morgan fingerprint density at radius 3 is 2.75 bits per heavy atom. The molecule has 0 radical (unpaired) electrons. The molecule has 108 valence electrons. The first-order valence-corrected chi connectivity index (χ1v) is 8.15. The van der Waals surface area contributed by atoms with Crippen LogP contribution < -0.4 is 5.32 Å². The molecule has 0 spiro atoms. The predicted molar refractivity (Wildman–Crippen MR) is 82.3 cm³/mol. The van der Waals surface area contributed by atoms with Gasteiger partial charge in [0.2, 0.25) is 0 Å². The molecule has 0 aromatic carbocycles. The molecule has 0 fully saturated rings. The van der Waals surface area contributed by atoms with Crippen LogP contribution in [0.2, 0.25) is 0 Å². The molecule has 2 aromatic heterocycles. The van der Waals surface area contributed by atoms with Gasteiger partial charge in [-0.15, -0.1) is 11.3 Å². The van der Waals surface area contributed by atoms with Crippen LogP contribution in [-0.2, 0) is 19.9 Å². The molecule has 1 aliphatic carbocycles. The van der Waals surface area contributed by atoms with Crippen molar-refractivity contribution < 1.29 is 0 Å². The SMILES string of the molecule is CCNC(c1nc2c(s1)CCC2)c1c(C)nn(C)c1C. The van der Waals surface area contributed by atoms with E-state index in [0.29, 0.717) is 0 Å². The van der Waals surface area contributed by atoms with Crippen molar-refractivity contribution in [1.29, 1.82) is 0 Å². The molecular formula is C15H22N4S. The van der Waals surface area contributed by atoms with Crippen molar-refractivity contribution in [1.82, 2.24) is 20.1 Å². The maximum absolute atomic E-state index is 4.90. The quantitative estimate of drug-likeness (QED) is 0.941. The summed E-state index contributed by atoms with van der Waals surface area (Å²) in [5.41, 5.74) is 4.95. The van der Waals surface area contributed by atoms with E-state index in [1.165, 1.54) is 39.7 Å². The molecule has 2 aromatic rings. The van der Waals surface area contributed by atoms with Crippen LogP contribution in [0.15, 0.2) is 0 Å². The summed E-state index contributed by atoms with van der Waals surface area (Å²) >= 11 is 1.88. The highest BCUT2D eigenvalue weighted by atomic mass is 32.1. The Labute approximate surface area is 124 Å². The molecule has 4 nitrogen and oxygen atoms in total. The number of aryl methyl sites for hydroxylation is 4. The average molecular weight is 290 g/mol. The van der Waals surface area contributed by atoms with E-state index in [9.17, 15) is 0 Å². The first kappa shape index (κ1) is 13.8. The summed E-state index contributed by atoms with van der Waals surface area (Å²) in [7, 11) is 2.01. The maximum Gasteiger partial charge on any atom is 0.115 e. The predicted octanol–water partition coefficient (Wildman–Crippen LogP) is 2.68. The Kier molecular flexibility index (Phi) is 3.65. The summed E-state index contributed by atoms with van der Waals surface area (Å²) in [4.78, 5) is 6.38. The first-order valence-electron chi connectivity index (χ1n) is 7.33. The summed E-state index contributed by atoms with van der Waals surface area (Å²) in [5, 5.41) is 9.35. The molecule has 1 unspecified atom stereocenters. The molecular weight excluding hydrogens is 268 g/mol. The van der Waals surface area contributed by atoms with E-state index < -0.39 is 0 Å². The number of hydrogen-bond acceptors (Lipinski definition) is 4. The van der Waals surface area contributed by atoms with Gasteiger partial charge in [0.15, 0.2) is 0 Å². The summed E-state index contributed by atoms with van der Waals surface area (Å²) in [5.74, 6) is 0. The van der Waals surface area contributed by atoms with Gasteiger partial charge in [-0.2, -0.15) is 5.10 Å². The third kappa shape index (κ3) is 2.19. The number of rotatable bonds is 4. The van der Waals surface area contributed by atoms with Gasteiger partial charge >= 0.3 is 0 Å². The van der Waals surface area contributed by atoms with Crippen molar-refractivity contribution in [2.75, 3.05) is 6.54 Å². The van der Waals surface area contributed by atoms with E-state index in [4.69, 9.17) is 4.98 Å². The van der Waals surface area contributed by atoms with Crippen molar-refractivity contribution in [2.45, 2.75) is 46.1 Å². The van der Waals surface area contributed by atoms with Crippen LogP contribution in [0.25, 0.3) is 0 Å². The van der Waals surface area contributed by atoms with Gasteiger partial charge in [-0.3, -0.25) is 4.68 Å². The number of aromatic nitrogens is 3. The van der Waals surface area contributed by atoms with Crippen LogP contribution in [0.3, 0.4) is 0 Å². The zero-order valence-electron chi connectivity index (χ0n) is 12.7. The third-order valence-corrected chi connectivity index (χ3v) is 5.34. The number of thiazole rings is 1. The molecule has 2 heterocycles. The lowest BCUT2D eigenvalue weighted by Crippen LogP contribution is -2.23. The molecule has 0 amide bonds. The van der Waals surface area contributed by atoms with Gasteiger partial charge in [0.05, 0.1) is 17.4 Å². The van der Waals surface area contributed by atoms with Crippen molar-refractivity contribution in [3.63, 3.8) is 0 Å². The largest absolute Gasteiger partial charge is 0.304 e. The molecule has 0 saturated heterocycles. The lowest BCUT2D eigenvalue weighted by Gasteiger charge is -2.16. The summed E-state index contributed by atoms with van der Waals surface area (Å²) < 4.78 is 1.97. The average Bonchev–Trinajstić information content (AvgIpc) is 3.03. The van der Waals surface area contributed by atoms with Crippen molar-refractivity contribution >= 4 is 11.3 Å². The molecule has 1 atom stereocenters. The lowest BCUT2D eigenvalue weighted by molar-refractivity contribution is 0.617. The second kappa shape index (κ2) is 5.30. The van der Waals surface area contributed by atoms with E-state index in [1.807, 2.05) is 23.1 Å². The Morgan fingerprint density at radius 1 is 1.35 bits per heavy atom. The number of hydrogen-bond donors (Lipinski definition) is 1. The van der Waals surface area contributed by atoms with Crippen LogP contribution >= 0.6 is 11.3 Å². The van der Waals surface area contributed by atoms with Crippen LogP contribution in [0.5, 0.6) is 0 Å². The number of nitrogens with zero attached hydrogens (tertiary/aromatic N) is 3. The van der Waals surface area contributed by atoms with E-state index in [0.717, 1.165) is 18.7 Å².